The van der Waals surface area contributed by atoms with Gasteiger partial charge in [-0.05, 0) is 19.3 Å². The first-order valence-electron chi connectivity index (χ1n) is 8.83. The topological polar surface area (TPSA) is 64.6 Å². The summed E-state index contributed by atoms with van der Waals surface area (Å²) in [6.07, 6.45) is 9.29. The smallest absolute Gasteiger partial charge is 0.235 e. The number of unbranched alkanes of at least 4 members (excludes halogenated alkanes) is 1. The second kappa shape index (κ2) is 9.52. The minimum absolute atomic E-state index is 0.0164. The van der Waals surface area contributed by atoms with E-state index in [9.17, 15) is 4.79 Å². The first-order valence-corrected chi connectivity index (χ1v) is 11.2. The second-order valence-corrected chi connectivity index (χ2v) is 9.13. The van der Waals surface area contributed by atoms with Crippen LogP contribution in [0.15, 0.2) is 12.4 Å². The van der Waals surface area contributed by atoms with Crippen molar-refractivity contribution in [2.45, 2.75) is 49.9 Å². The number of rotatable bonds is 8. The fourth-order valence-electron chi connectivity index (χ4n) is 3.08. The number of carbonyl (C=O) groups is 1. The summed E-state index contributed by atoms with van der Waals surface area (Å²) in [6, 6.07) is 0. The van der Waals surface area contributed by atoms with E-state index in [4.69, 9.17) is 9.47 Å². The Morgan fingerprint density at radius 1 is 1.32 bits per heavy atom. The highest BCUT2D eigenvalue weighted by Gasteiger charge is 2.27. The van der Waals surface area contributed by atoms with Crippen LogP contribution in [-0.4, -0.2) is 58.1 Å². The molecule has 0 spiro atoms. The molecule has 3 rings (SSSR count). The van der Waals surface area contributed by atoms with Gasteiger partial charge >= 0.3 is 0 Å². The summed E-state index contributed by atoms with van der Waals surface area (Å²) in [4.78, 5) is 22.5. The van der Waals surface area contributed by atoms with Crippen LogP contribution in [0.1, 0.15) is 38.5 Å². The first-order chi connectivity index (χ1) is 12.2. The molecule has 6 nitrogen and oxygen atoms in total. The summed E-state index contributed by atoms with van der Waals surface area (Å²) in [6.45, 7) is 1.39. The van der Waals surface area contributed by atoms with E-state index < -0.39 is 0 Å². The van der Waals surface area contributed by atoms with Crippen molar-refractivity contribution in [1.29, 1.82) is 0 Å². The van der Waals surface area contributed by atoms with E-state index in [1.165, 1.54) is 18.6 Å². The molecule has 8 heteroatoms. The maximum Gasteiger partial charge on any atom is 0.235 e. The molecule has 25 heavy (non-hydrogen) atoms. The molecule has 0 aromatic carbocycles. The lowest BCUT2D eigenvalue weighted by Gasteiger charge is -2.17. The maximum atomic E-state index is 12.4. The lowest BCUT2D eigenvalue weighted by atomic mass is 10.1. The number of carbonyl (C=O) groups excluding carboxylic acids is 1. The molecule has 1 aromatic rings. The third-order valence-electron chi connectivity index (χ3n) is 4.48. The lowest BCUT2D eigenvalue weighted by molar-refractivity contribution is -0.130. The van der Waals surface area contributed by atoms with Crippen molar-refractivity contribution in [3.63, 3.8) is 0 Å². The molecule has 2 aliphatic rings. The van der Waals surface area contributed by atoms with Gasteiger partial charge < -0.3 is 14.4 Å². The average Bonchev–Trinajstić information content (AvgIpc) is 3.30. The summed E-state index contributed by atoms with van der Waals surface area (Å²) in [5.41, 5.74) is 0. The van der Waals surface area contributed by atoms with Crippen LogP contribution in [0.2, 0.25) is 0 Å². The van der Waals surface area contributed by atoms with Gasteiger partial charge in [-0.2, -0.15) is 4.98 Å². The Labute approximate surface area is 156 Å². The van der Waals surface area contributed by atoms with E-state index in [1.807, 2.05) is 26.5 Å². The number of aromatic nitrogens is 2. The highest BCUT2D eigenvalue weighted by molar-refractivity contribution is 8.77. The Bertz CT molecular complexity index is 570. The van der Waals surface area contributed by atoms with E-state index in [-0.39, 0.29) is 12.0 Å². The summed E-state index contributed by atoms with van der Waals surface area (Å²) in [5, 5.41) is 0.800. The Morgan fingerprint density at radius 3 is 3.00 bits per heavy atom. The zero-order valence-corrected chi connectivity index (χ0v) is 16.2. The van der Waals surface area contributed by atoms with Crippen molar-refractivity contribution in [3.8, 4) is 11.8 Å². The van der Waals surface area contributed by atoms with Gasteiger partial charge in [0, 0.05) is 30.4 Å². The van der Waals surface area contributed by atoms with E-state index in [2.05, 4.69) is 9.97 Å². The zero-order chi connectivity index (χ0) is 17.5. The Hall–Kier alpha value is -1.15. The molecule has 2 unspecified atom stereocenters. The number of hydrogen-bond acceptors (Lipinski definition) is 7. The number of ether oxygens (including phenoxy) is 2. The minimum Gasteiger partial charge on any atom is -0.480 e. The third-order valence-corrected chi connectivity index (χ3v) is 7.49. The van der Waals surface area contributed by atoms with E-state index in [0.29, 0.717) is 24.7 Å². The third kappa shape index (κ3) is 5.67. The van der Waals surface area contributed by atoms with Crippen molar-refractivity contribution in [2.24, 2.45) is 0 Å². The van der Waals surface area contributed by atoms with Crippen LogP contribution in [0.25, 0.3) is 0 Å². The predicted octanol–water partition coefficient (Wildman–Crippen LogP) is 3.18. The molecule has 2 saturated heterocycles. The number of hydrogen-bond donors (Lipinski definition) is 0. The fraction of sp³-hybridized carbons (Fsp3) is 0.706. The van der Waals surface area contributed by atoms with Gasteiger partial charge in [0.05, 0.1) is 26.0 Å². The number of likely N-dealkylation sites (tertiary alicyclic amines) is 1. The minimum atomic E-state index is -0.0164. The normalized spacial score (nSPS) is 23.0. The van der Waals surface area contributed by atoms with Gasteiger partial charge in [-0.1, -0.05) is 28.0 Å². The maximum absolute atomic E-state index is 12.4. The summed E-state index contributed by atoms with van der Waals surface area (Å²) >= 11 is 0. The number of amides is 1. The van der Waals surface area contributed by atoms with Crippen LogP contribution in [0.5, 0.6) is 11.8 Å². The van der Waals surface area contributed by atoms with Gasteiger partial charge in [-0.15, -0.1) is 0 Å². The number of methoxy groups -OCH3 is 1. The van der Waals surface area contributed by atoms with Gasteiger partial charge in [-0.25, -0.2) is 0 Å². The largest absolute Gasteiger partial charge is 0.480 e. The fourth-order valence-corrected chi connectivity index (χ4v) is 6.11. The predicted molar refractivity (Wildman–Crippen MR) is 101 cm³/mol. The molecule has 0 N–H and O–H groups in total. The number of nitrogens with zero attached hydrogens (tertiary/aromatic N) is 3. The molecule has 3 heterocycles. The van der Waals surface area contributed by atoms with Crippen LogP contribution in [-0.2, 0) is 4.79 Å². The van der Waals surface area contributed by atoms with E-state index >= 15 is 0 Å². The van der Waals surface area contributed by atoms with Crippen molar-refractivity contribution < 1.29 is 14.3 Å². The van der Waals surface area contributed by atoms with Crippen molar-refractivity contribution in [3.05, 3.63) is 12.4 Å². The summed E-state index contributed by atoms with van der Waals surface area (Å²) in [5.74, 6) is 2.41. The van der Waals surface area contributed by atoms with E-state index in [1.54, 1.807) is 19.5 Å². The molecule has 2 fully saturated rings. The molecule has 1 aromatic heterocycles. The van der Waals surface area contributed by atoms with Gasteiger partial charge in [0.25, 0.3) is 0 Å². The van der Waals surface area contributed by atoms with E-state index in [0.717, 1.165) is 31.1 Å². The molecule has 1 amide bonds. The van der Waals surface area contributed by atoms with Crippen LogP contribution < -0.4 is 9.47 Å². The Kier molecular flexibility index (Phi) is 7.10. The van der Waals surface area contributed by atoms with Crippen LogP contribution in [0.4, 0.5) is 0 Å². The Balaban J connectivity index is 1.35. The highest BCUT2D eigenvalue weighted by atomic mass is 33.1. The van der Waals surface area contributed by atoms with Gasteiger partial charge in [0.1, 0.15) is 6.10 Å². The molecule has 2 atom stereocenters. The molecular weight excluding hydrogens is 358 g/mol. The first kappa shape index (κ1) is 18.6. The average molecular weight is 384 g/mol. The standard InChI is InChI=1S/C17H25N3O3S2/c1-22-15-10-18-11-16(19-15)23-13-6-8-20(12-13)17(21)5-3-2-4-14-7-9-24-25-14/h10-11,13-14H,2-9,12H2,1H3. The molecular formula is C17H25N3O3S2. The highest BCUT2D eigenvalue weighted by Crippen LogP contribution is 2.39. The van der Waals surface area contributed by atoms with Crippen LogP contribution >= 0.6 is 21.6 Å². The molecule has 0 saturated carbocycles. The molecule has 0 radical (unpaired) electrons. The zero-order valence-electron chi connectivity index (χ0n) is 14.6. The SMILES string of the molecule is COc1cncc(OC2CCN(C(=O)CCCCC3CCSS3)C2)n1. The monoisotopic (exact) mass is 383 g/mol. The van der Waals surface area contributed by atoms with Crippen molar-refractivity contribution >= 4 is 27.5 Å². The van der Waals surface area contributed by atoms with Crippen LogP contribution in [0, 0.1) is 0 Å². The van der Waals surface area contributed by atoms with Crippen molar-refractivity contribution in [1.82, 2.24) is 14.9 Å². The summed E-state index contributed by atoms with van der Waals surface area (Å²) < 4.78 is 10.9. The second-order valence-electron chi connectivity index (χ2n) is 6.34. The van der Waals surface area contributed by atoms with Gasteiger partial charge in [-0.3, -0.25) is 9.78 Å². The molecule has 0 aliphatic carbocycles. The molecule has 2 aliphatic heterocycles. The van der Waals surface area contributed by atoms with Gasteiger partial charge in [0.15, 0.2) is 0 Å². The van der Waals surface area contributed by atoms with Crippen molar-refractivity contribution in [2.75, 3.05) is 26.0 Å². The molecule has 0 bridgehead atoms. The van der Waals surface area contributed by atoms with Gasteiger partial charge in [0.2, 0.25) is 17.7 Å². The molecule has 138 valence electrons. The Morgan fingerprint density at radius 2 is 2.20 bits per heavy atom. The quantitative estimate of drug-likeness (QED) is 0.504. The van der Waals surface area contributed by atoms with Crippen LogP contribution in [0.3, 0.4) is 0 Å². The lowest BCUT2D eigenvalue weighted by Crippen LogP contribution is -2.30. The summed E-state index contributed by atoms with van der Waals surface area (Å²) in [7, 11) is 5.54.